The summed E-state index contributed by atoms with van der Waals surface area (Å²) >= 11 is 0. The highest BCUT2D eigenvalue weighted by Gasteiger charge is 2.20. The SMILES string of the molecule is CC1CCCC(CCNS(=O)(=O)C(C)C)C1. The van der Waals surface area contributed by atoms with Crippen LogP contribution in [-0.2, 0) is 10.0 Å². The van der Waals surface area contributed by atoms with Gasteiger partial charge in [-0.3, -0.25) is 0 Å². The van der Waals surface area contributed by atoms with Gasteiger partial charge in [0.05, 0.1) is 5.25 Å². The van der Waals surface area contributed by atoms with Crippen LogP contribution in [0.2, 0.25) is 0 Å². The quantitative estimate of drug-likeness (QED) is 0.811. The molecule has 3 nitrogen and oxygen atoms in total. The third-order valence-electron chi connectivity index (χ3n) is 3.52. The van der Waals surface area contributed by atoms with Crippen molar-refractivity contribution in [3.05, 3.63) is 0 Å². The van der Waals surface area contributed by atoms with Gasteiger partial charge in [0, 0.05) is 6.54 Å². The van der Waals surface area contributed by atoms with Crippen LogP contribution < -0.4 is 4.72 Å². The fourth-order valence-corrected chi connectivity index (χ4v) is 3.13. The molecule has 4 heteroatoms. The van der Waals surface area contributed by atoms with Crippen LogP contribution in [0.5, 0.6) is 0 Å². The molecule has 0 radical (unpaired) electrons. The van der Waals surface area contributed by atoms with Crippen molar-refractivity contribution in [3.63, 3.8) is 0 Å². The Morgan fingerprint density at radius 3 is 2.56 bits per heavy atom. The van der Waals surface area contributed by atoms with Gasteiger partial charge in [-0.2, -0.15) is 0 Å². The molecule has 1 aliphatic rings. The van der Waals surface area contributed by atoms with Gasteiger partial charge in [0.2, 0.25) is 10.0 Å². The zero-order valence-electron chi connectivity index (χ0n) is 10.7. The maximum atomic E-state index is 11.5. The van der Waals surface area contributed by atoms with Crippen molar-refractivity contribution in [1.82, 2.24) is 4.72 Å². The van der Waals surface area contributed by atoms with E-state index in [0.717, 1.165) is 18.3 Å². The fraction of sp³-hybridized carbons (Fsp3) is 1.00. The van der Waals surface area contributed by atoms with E-state index in [-0.39, 0.29) is 5.25 Å². The first-order valence-electron chi connectivity index (χ1n) is 6.40. The van der Waals surface area contributed by atoms with Crippen LogP contribution >= 0.6 is 0 Å². The topological polar surface area (TPSA) is 46.2 Å². The Kier molecular flexibility index (Phi) is 5.25. The first-order chi connectivity index (χ1) is 7.42. The third-order valence-corrected chi connectivity index (χ3v) is 5.37. The lowest BCUT2D eigenvalue weighted by atomic mass is 9.81. The highest BCUT2D eigenvalue weighted by Crippen LogP contribution is 2.30. The fourth-order valence-electron chi connectivity index (χ4n) is 2.39. The van der Waals surface area contributed by atoms with Crippen molar-refractivity contribution >= 4 is 10.0 Å². The summed E-state index contributed by atoms with van der Waals surface area (Å²) in [4.78, 5) is 0. The minimum Gasteiger partial charge on any atom is -0.215 e. The lowest BCUT2D eigenvalue weighted by molar-refractivity contribution is 0.271. The Bertz CT molecular complexity index is 298. The molecule has 0 aliphatic heterocycles. The Balaban J connectivity index is 2.25. The zero-order chi connectivity index (χ0) is 12.2. The van der Waals surface area contributed by atoms with Crippen molar-refractivity contribution < 1.29 is 8.42 Å². The van der Waals surface area contributed by atoms with Gasteiger partial charge in [0.1, 0.15) is 0 Å². The number of hydrogen-bond donors (Lipinski definition) is 1. The molecule has 0 spiro atoms. The highest BCUT2D eigenvalue weighted by molar-refractivity contribution is 7.90. The average molecular weight is 247 g/mol. The molecule has 96 valence electrons. The molecule has 0 aromatic heterocycles. The van der Waals surface area contributed by atoms with Gasteiger partial charge in [-0.05, 0) is 38.5 Å². The number of sulfonamides is 1. The maximum absolute atomic E-state index is 11.5. The van der Waals surface area contributed by atoms with Gasteiger partial charge < -0.3 is 0 Å². The van der Waals surface area contributed by atoms with Crippen LogP contribution in [0.4, 0.5) is 0 Å². The minimum absolute atomic E-state index is 0.322. The van der Waals surface area contributed by atoms with Crippen molar-refractivity contribution in [1.29, 1.82) is 0 Å². The van der Waals surface area contributed by atoms with Gasteiger partial charge in [0.15, 0.2) is 0 Å². The Labute approximate surface area is 100 Å². The third kappa shape index (κ3) is 4.42. The Hall–Kier alpha value is -0.0900. The van der Waals surface area contributed by atoms with E-state index in [4.69, 9.17) is 0 Å². The summed E-state index contributed by atoms with van der Waals surface area (Å²) in [6.07, 6.45) is 6.18. The number of hydrogen-bond acceptors (Lipinski definition) is 2. The molecule has 0 amide bonds. The van der Waals surface area contributed by atoms with Crippen LogP contribution in [-0.4, -0.2) is 20.2 Å². The van der Waals surface area contributed by atoms with Crippen molar-refractivity contribution in [2.75, 3.05) is 6.54 Å². The van der Waals surface area contributed by atoms with E-state index < -0.39 is 10.0 Å². The predicted molar refractivity (Wildman–Crippen MR) is 67.8 cm³/mol. The predicted octanol–water partition coefficient (Wildman–Crippen LogP) is 2.53. The molecule has 1 N–H and O–H groups in total. The van der Waals surface area contributed by atoms with Crippen LogP contribution in [0.25, 0.3) is 0 Å². The Morgan fingerprint density at radius 1 is 1.31 bits per heavy atom. The molecule has 0 saturated heterocycles. The van der Waals surface area contributed by atoms with E-state index >= 15 is 0 Å². The summed E-state index contributed by atoms with van der Waals surface area (Å²) in [5.74, 6) is 1.54. The summed E-state index contributed by atoms with van der Waals surface area (Å²) in [5, 5.41) is -0.322. The van der Waals surface area contributed by atoms with E-state index in [1.807, 2.05) is 0 Å². The first kappa shape index (κ1) is 14.0. The first-order valence-corrected chi connectivity index (χ1v) is 7.95. The standard InChI is InChI=1S/C12H25NO2S/c1-10(2)16(14,15)13-8-7-12-6-4-5-11(3)9-12/h10-13H,4-9H2,1-3H3. The second-order valence-electron chi connectivity index (χ2n) is 5.41. The van der Waals surface area contributed by atoms with E-state index in [2.05, 4.69) is 11.6 Å². The van der Waals surface area contributed by atoms with E-state index in [1.165, 1.54) is 25.7 Å². The summed E-state index contributed by atoms with van der Waals surface area (Å²) < 4.78 is 25.7. The smallest absolute Gasteiger partial charge is 0.213 e. The summed E-state index contributed by atoms with van der Waals surface area (Å²) in [5.41, 5.74) is 0. The molecule has 0 aromatic rings. The molecule has 0 aromatic carbocycles. The molecule has 0 bridgehead atoms. The van der Waals surface area contributed by atoms with Gasteiger partial charge in [0.25, 0.3) is 0 Å². The molecular weight excluding hydrogens is 222 g/mol. The number of nitrogens with one attached hydrogen (secondary N) is 1. The minimum atomic E-state index is -3.06. The molecule has 1 aliphatic carbocycles. The lowest BCUT2D eigenvalue weighted by Gasteiger charge is -2.26. The molecular formula is C12H25NO2S. The maximum Gasteiger partial charge on any atom is 0.213 e. The van der Waals surface area contributed by atoms with Gasteiger partial charge in [-0.1, -0.05) is 26.2 Å². The molecule has 1 rings (SSSR count). The van der Waals surface area contributed by atoms with Gasteiger partial charge >= 0.3 is 0 Å². The van der Waals surface area contributed by atoms with Gasteiger partial charge in [-0.25, -0.2) is 13.1 Å². The Morgan fingerprint density at radius 2 is 2.00 bits per heavy atom. The average Bonchev–Trinajstić information content (AvgIpc) is 2.17. The molecule has 1 fully saturated rings. The van der Waals surface area contributed by atoms with Crippen LogP contribution in [0.15, 0.2) is 0 Å². The monoisotopic (exact) mass is 247 g/mol. The van der Waals surface area contributed by atoms with Crippen molar-refractivity contribution in [2.45, 2.75) is 58.1 Å². The number of rotatable bonds is 5. The van der Waals surface area contributed by atoms with E-state index in [1.54, 1.807) is 13.8 Å². The van der Waals surface area contributed by atoms with Crippen molar-refractivity contribution in [2.24, 2.45) is 11.8 Å². The van der Waals surface area contributed by atoms with E-state index in [0.29, 0.717) is 6.54 Å². The highest BCUT2D eigenvalue weighted by atomic mass is 32.2. The molecule has 16 heavy (non-hydrogen) atoms. The largest absolute Gasteiger partial charge is 0.215 e. The van der Waals surface area contributed by atoms with Gasteiger partial charge in [-0.15, -0.1) is 0 Å². The van der Waals surface area contributed by atoms with E-state index in [9.17, 15) is 8.42 Å². The summed E-state index contributed by atoms with van der Waals surface area (Å²) in [7, 11) is -3.06. The lowest BCUT2D eigenvalue weighted by Crippen LogP contribution is -2.32. The molecule has 2 unspecified atom stereocenters. The second-order valence-corrected chi connectivity index (χ2v) is 7.74. The van der Waals surface area contributed by atoms with Crippen LogP contribution in [0, 0.1) is 11.8 Å². The zero-order valence-corrected chi connectivity index (χ0v) is 11.5. The molecule has 0 heterocycles. The second kappa shape index (κ2) is 6.01. The molecule has 1 saturated carbocycles. The summed E-state index contributed by atoms with van der Waals surface area (Å²) in [6.45, 7) is 6.33. The van der Waals surface area contributed by atoms with Crippen LogP contribution in [0.3, 0.4) is 0 Å². The van der Waals surface area contributed by atoms with Crippen LogP contribution in [0.1, 0.15) is 52.9 Å². The molecule has 2 atom stereocenters. The normalized spacial score (nSPS) is 27.2. The van der Waals surface area contributed by atoms with Crippen molar-refractivity contribution in [3.8, 4) is 0 Å². The summed E-state index contributed by atoms with van der Waals surface area (Å²) in [6, 6.07) is 0.